The van der Waals surface area contributed by atoms with Gasteiger partial charge in [-0.15, -0.1) is 0 Å². The highest BCUT2D eigenvalue weighted by Crippen LogP contribution is 2.37. The largest absolute Gasteiger partial charge is 0.478 e. The molecule has 2 N–H and O–H groups in total. The number of hydrogen-bond acceptors (Lipinski definition) is 3. The Morgan fingerprint density at radius 1 is 1.10 bits per heavy atom. The van der Waals surface area contributed by atoms with Crippen molar-refractivity contribution in [1.29, 1.82) is 0 Å². The van der Waals surface area contributed by atoms with Crippen LogP contribution in [0.1, 0.15) is 46.4 Å². The van der Waals surface area contributed by atoms with Crippen LogP contribution >= 0.6 is 15.9 Å². The molecule has 0 aliphatic carbocycles. The molecule has 2 aliphatic heterocycles. The lowest BCUT2D eigenvalue weighted by molar-refractivity contribution is 0.0287. The Labute approximate surface area is 130 Å². The summed E-state index contributed by atoms with van der Waals surface area (Å²) in [7, 11) is 0. The van der Waals surface area contributed by atoms with Crippen molar-refractivity contribution in [2.24, 2.45) is 0 Å². The molecule has 2 bridgehead atoms. The Balaban J connectivity index is 1.91. The zero-order valence-corrected chi connectivity index (χ0v) is 12.9. The van der Waals surface area contributed by atoms with Crippen LogP contribution in [-0.2, 0) is 0 Å². The normalized spacial score (nSPS) is 27.7. The lowest BCUT2D eigenvalue weighted by Crippen LogP contribution is -2.48. The fourth-order valence-electron chi connectivity index (χ4n) is 3.47. The molecule has 1 amide bonds. The Kier molecular flexibility index (Phi) is 3.75. The van der Waals surface area contributed by atoms with Gasteiger partial charge in [0, 0.05) is 22.1 Å². The first-order chi connectivity index (χ1) is 9.95. The SMILES string of the molecule is O=C(O)c1cc(Br)cc(C(=O)N2C3CCC2CC(O)C3)c1. The van der Waals surface area contributed by atoms with E-state index in [-0.39, 0.29) is 29.7 Å². The van der Waals surface area contributed by atoms with Crippen molar-refractivity contribution in [3.63, 3.8) is 0 Å². The van der Waals surface area contributed by atoms with Crippen LogP contribution in [-0.4, -0.2) is 45.2 Å². The number of amides is 1. The maximum Gasteiger partial charge on any atom is 0.335 e. The number of halogens is 1. The minimum absolute atomic E-state index is 0.0681. The molecule has 0 saturated carbocycles. The van der Waals surface area contributed by atoms with Gasteiger partial charge in [0.1, 0.15) is 0 Å². The lowest BCUT2D eigenvalue weighted by Gasteiger charge is -2.37. The van der Waals surface area contributed by atoms with E-state index in [1.165, 1.54) is 12.1 Å². The summed E-state index contributed by atoms with van der Waals surface area (Å²) in [6.07, 6.45) is 2.72. The van der Waals surface area contributed by atoms with E-state index >= 15 is 0 Å². The van der Waals surface area contributed by atoms with Crippen molar-refractivity contribution in [3.05, 3.63) is 33.8 Å². The summed E-state index contributed by atoms with van der Waals surface area (Å²) in [4.78, 5) is 25.7. The third kappa shape index (κ3) is 2.70. The molecule has 2 unspecified atom stereocenters. The van der Waals surface area contributed by atoms with E-state index in [0.717, 1.165) is 12.8 Å². The van der Waals surface area contributed by atoms with Crippen LogP contribution in [0.15, 0.2) is 22.7 Å². The number of aromatic carboxylic acids is 1. The molecular formula is C15H16BrNO4. The van der Waals surface area contributed by atoms with Gasteiger partial charge in [-0.3, -0.25) is 4.79 Å². The van der Waals surface area contributed by atoms with Gasteiger partial charge in [-0.25, -0.2) is 4.79 Å². The first kappa shape index (κ1) is 14.5. The standard InChI is InChI=1S/C15H16BrNO4/c16-10-4-8(3-9(5-10)15(20)21)14(19)17-11-1-2-12(17)7-13(18)6-11/h3-5,11-13,18H,1-2,6-7H2,(H,20,21). The van der Waals surface area contributed by atoms with Gasteiger partial charge in [0.2, 0.25) is 0 Å². The summed E-state index contributed by atoms with van der Waals surface area (Å²) in [5, 5.41) is 18.9. The minimum Gasteiger partial charge on any atom is -0.478 e. The molecule has 0 aromatic heterocycles. The number of carbonyl (C=O) groups excluding carboxylic acids is 1. The second kappa shape index (κ2) is 5.42. The quantitative estimate of drug-likeness (QED) is 0.854. The van der Waals surface area contributed by atoms with Crippen LogP contribution in [0.3, 0.4) is 0 Å². The minimum atomic E-state index is -1.05. The van der Waals surface area contributed by atoms with Crippen molar-refractivity contribution >= 4 is 27.8 Å². The number of benzene rings is 1. The van der Waals surface area contributed by atoms with E-state index in [9.17, 15) is 14.7 Å². The molecule has 5 nitrogen and oxygen atoms in total. The summed E-state index contributed by atoms with van der Waals surface area (Å²) >= 11 is 3.25. The van der Waals surface area contributed by atoms with Crippen LogP contribution in [0.5, 0.6) is 0 Å². The van der Waals surface area contributed by atoms with Crippen molar-refractivity contribution in [2.45, 2.75) is 43.9 Å². The fraction of sp³-hybridized carbons (Fsp3) is 0.467. The molecule has 2 heterocycles. The van der Waals surface area contributed by atoms with Gasteiger partial charge in [0.05, 0.1) is 11.7 Å². The number of nitrogens with zero attached hydrogens (tertiary/aromatic N) is 1. The number of carboxylic acid groups (broad SMARTS) is 1. The zero-order chi connectivity index (χ0) is 15.1. The maximum atomic E-state index is 12.7. The van der Waals surface area contributed by atoms with Crippen LogP contribution in [0.4, 0.5) is 0 Å². The molecule has 0 spiro atoms. The molecule has 2 saturated heterocycles. The van der Waals surface area contributed by atoms with E-state index < -0.39 is 5.97 Å². The van der Waals surface area contributed by atoms with Crippen molar-refractivity contribution in [1.82, 2.24) is 4.90 Å². The van der Waals surface area contributed by atoms with Crippen LogP contribution in [0.2, 0.25) is 0 Å². The monoisotopic (exact) mass is 353 g/mol. The summed E-state index contributed by atoms with van der Waals surface area (Å²) in [5.41, 5.74) is 0.479. The Morgan fingerprint density at radius 3 is 2.24 bits per heavy atom. The number of rotatable bonds is 2. The van der Waals surface area contributed by atoms with Crippen molar-refractivity contribution < 1.29 is 19.8 Å². The first-order valence-corrected chi connectivity index (χ1v) is 7.79. The summed E-state index contributed by atoms with van der Waals surface area (Å²) < 4.78 is 0.579. The third-order valence-electron chi connectivity index (χ3n) is 4.33. The van der Waals surface area contributed by atoms with Crippen molar-refractivity contribution in [2.75, 3.05) is 0 Å². The van der Waals surface area contributed by atoms with E-state index in [1.807, 2.05) is 4.90 Å². The summed E-state index contributed by atoms with van der Waals surface area (Å²) in [5.74, 6) is -1.19. The maximum absolute atomic E-state index is 12.7. The van der Waals surface area contributed by atoms with Crippen LogP contribution in [0, 0.1) is 0 Å². The molecule has 1 aromatic rings. The predicted molar refractivity (Wildman–Crippen MR) is 79.3 cm³/mol. The molecule has 21 heavy (non-hydrogen) atoms. The molecule has 0 radical (unpaired) electrons. The van der Waals surface area contributed by atoms with Crippen LogP contribution < -0.4 is 0 Å². The molecule has 2 aliphatic rings. The van der Waals surface area contributed by atoms with Gasteiger partial charge in [-0.05, 0) is 43.9 Å². The molecule has 2 atom stereocenters. The molecule has 2 fully saturated rings. The Hall–Kier alpha value is -1.40. The number of carbonyl (C=O) groups is 2. The highest BCUT2D eigenvalue weighted by molar-refractivity contribution is 9.10. The average molecular weight is 354 g/mol. The molecule has 1 aromatic carbocycles. The smallest absolute Gasteiger partial charge is 0.335 e. The van der Waals surface area contributed by atoms with E-state index in [4.69, 9.17) is 5.11 Å². The van der Waals surface area contributed by atoms with Gasteiger partial charge in [-0.2, -0.15) is 0 Å². The van der Waals surface area contributed by atoms with Gasteiger partial charge in [0.15, 0.2) is 0 Å². The number of aliphatic hydroxyl groups excluding tert-OH is 1. The first-order valence-electron chi connectivity index (χ1n) is 7.00. The number of aliphatic hydroxyl groups is 1. The number of hydrogen-bond donors (Lipinski definition) is 2. The van der Waals surface area contributed by atoms with Gasteiger partial charge < -0.3 is 15.1 Å². The molecular weight excluding hydrogens is 338 g/mol. The Bertz CT molecular complexity index is 589. The average Bonchev–Trinajstić information content (AvgIpc) is 2.69. The highest BCUT2D eigenvalue weighted by atomic mass is 79.9. The topological polar surface area (TPSA) is 77.8 Å². The number of fused-ring (bicyclic) bond motifs is 2. The fourth-order valence-corrected chi connectivity index (χ4v) is 3.96. The van der Waals surface area contributed by atoms with E-state index in [1.54, 1.807) is 6.07 Å². The molecule has 112 valence electrons. The lowest BCUT2D eigenvalue weighted by atomic mass is 9.98. The van der Waals surface area contributed by atoms with Crippen LogP contribution in [0.25, 0.3) is 0 Å². The second-order valence-electron chi connectivity index (χ2n) is 5.76. The zero-order valence-electron chi connectivity index (χ0n) is 11.3. The number of carboxylic acids is 1. The van der Waals surface area contributed by atoms with Crippen molar-refractivity contribution in [3.8, 4) is 0 Å². The van der Waals surface area contributed by atoms with Gasteiger partial charge >= 0.3 is 5.97 Å². The van der Waals surface area contributed by atoms with E-state index in [0.29, 0.717) is 22.9 Å². The summed E-state index contributed by atoms with van der Waals surface area (Å²) in [6, 6.07) is 4.68. The second-order valence-corrected chi connectivity index (χ2v) is 6.67. The van der Waals surface area contributed by atoms with E-state index in [2.05, 4.69) is 15.9 Å². The third-order valence-corrected chi connectivity index (χ3v) is 4.79. The predicted octanol–water partition coefficient (Wildman–Crippen LogP) is 2.28. The summed E-state index contributed by atoms with van der Waals surface area (Å²) in [6.45, 7) is 0. The highest BCUT2D eigenvalue weighted by Gasteiger charge is 2.43. The van der Waals surface area contributed by atoms with Gasteiger partial charge in [0.25, 0.3) is 5.91 Å². The molecule has 6 heteroatoms. The Morgan fingerprint density at radius 2 is 1.67 bits per heavy atom. The molecule has 3 rings (SSSR count). The van der Waals surface area contributed by atoms with Gasteiger partial charge in [-0.1, -0.05) is 15.9 Å². The number of piperidine rings is 1.